The number of aromatic nitrogens is 2. The molecule has 19 heavy (non-hydrogen) atoms. The molecular formula is C14H15FIN3. The van der Waals surface area contributed by atoms with Gasteiger partial charge in [-0.3, -0.25) is 4.57 Å². The largest absolute Gasteiger partial charge is 0.353 e. The molecule has 0 saturated heterocycles. The quantitative estimate of drug-likeness (QED) is 0.828. The van der Waals surface area contributed by atoms with Gasteiger partial charge in [0.2, 0.25) is 5.95 Å². The third-order valence-electron chi connectivity index (χ3n) is 3.50. The molecule has 2 aromatic rings. The van der Waals surface area contributed by atoms with Gasteiger partial charge in [0.05, 0.1) is 5.69 Å². The number of nitrogens with one attached hydrogen (secondary N) is 1. The first-order valence-corrected chi connectivity index (χ1v) is 7.57. The standard InChI is InChI=1S/C14H15FIN3/c15-10-5-6-13(12(16)9-10)19-8-7-17-14(19)18-11-3-1-2-4-11/h5-9,11H,1-4H2,(H,17,18). The van der Waals surface area contributed by atoms with Gasteiger partial charge in [-0.15, -0.1) is 0 Å². The molecule has 1 heterocycles. The lowest BCUT2D eigenvalue weighted by atomic mass is 10.2. The van der Waals surface area contributed by atoms with Gasteiger partial charge in [0.25, 0.3) is 0 Å². The van der Waals surface area contributed by atoms with Crippen LogP contribution in [0.2, 0.25) is 0 Å². The zero-order chi connectivity index (χ0) is 13.2. The fourth-order valence-electron chi connectivity index (χ4n) is 2.53. The van der Waals surface area contributed by atoms with Crippen LogP contribution >= 0.6 is 22.6 Å². The Morgan fingerprint density at radius 2 is 2.11 bits per heavy atom. The number of anilines is 1. The molecule has 0 unspecified atom stereocenters. The minimum Gasteiger partial charge on any atom is -0.353 e. The molecule has 0 radical (unpaired) electrons. The van der Waals surface area contributed by atoms with Gasteiger partial charge < -0.3 is 5.32 Å². The highest BCUT2D eigenvalue weighted by atomic mass is 127. The Morgan fingerprint density at radius 1 is 1.32 bits per heavy atom. The molecule has 0 amide bonds. The number of halogens is 2. The van der Waals surface area contributed by atoms with Crippen molar-refractivity contribution in [2.24, 2.45) is 0 Å². The van der Waals surface area contributed by atoms with Crippen LogP contribution in [-0.4, -0.2) is 15.6 Å². The number of nitrogens with zero attached hydrogens (tertiary/aromatic N) is 2. The summed E-state index contributed by atoms with van der Waals surface area (Å²) in [6.07, 6.45) is 8.66. The molecule has 1 fully saturated rings. The second-order valence-corrected chi connectivity index (χ2v) is 6.00. The van der Waals surface area contributed by atoms with Crippen LogP contribution in [0.3, 0.4) is 0 Å². The molecular weight excluding hydrogens is 356 g/mol. The zero-order valence-electron chi connectivity index (χ0n) is 10.4. The first kappa shape index (κ1) is 12.9. The van der Waals surface area contributed by atoms with E-state index >= 15 is 0 Å². The predicted octanol–water partition coefficient (Wildman–Crippen LogP) is 3.97. The summed E-state index contributed by atoms with van der Waals surface area (Å²) in [4.78, 5) is 4.37. The fourth-order valence-corrected chi connectivity index (χ4v) is 3.27. The second-order valence-electron chi connectivity index (χ2n) is 4.84. The summed E-state index contributed by atoms with van der Waals surface area (Å²) in [6.45, 7) is 0. The molecule has 3 nitrogen and oxygen atoms in total. The Morgan fingerprint density at radius 3 is 2.84 bits per heavy atom. The summed E-state index contributed by atoms with van der Waals surface area (Å²) in [6, 6.07) is 5.32. The van der Waals surface area contributed by atoms with Crippen molar-refractivity contribution in [1.82, 2.24) is 9.55 Å². The number of benzene rings is 1. The van der Waals surface area contributed by atoms with Gasteiger partial charge >= 0.3 is 0 Å². The summed E-state index contributed by atoms with van der Waals surface area (Å²) in [5.74, 6) is 0.634. The van der Waals surface area contributed by atoms with Crippen LogP contribution in [0.15, 0.2) is 30.6 Å². The molecule has 1 aliphatic carbocycles. The fraction of sp³-hybridized carbons (Fsp3) is 0.357. The molecule has 0 spiro atoms. The number of hydrogen-bond donors (Lipinski definition) is 1. The first-order chi connectivity index (χ1) is 9.24. The van der Waals surface area contributed by atoms with E-state index in [-0.39, 0.29) is 5.82 Å². The van der Waals surface area contributed by atoms with Gasteiger partial charge in [-0.05, 0) is 53.6 Å². The maximum absolute atomic E-state index is 13.2. The lowest BCUT2D eigenvalue weighted by Gasteiger charge is -2.15. The van der Waals surface area contributed by atoms with Crippen LogP contribution in [-0.2, 0) is 0 Å². The van der Waals surface area contributed by atoms with Crippen LogP contribution < -0.4 is 5.32 Å². The average molecular weight is 371 g/mol. The van der Waals surface area contributed by atoms with E-state index in [2.05, 4.69) is 32.9 Å². The van der Waals surface area contributed by atoms with Crippen molar-refractivity contribution in [1.29, 1.82) is 0 Å². The van der Waals surface area contributed by atoms with E-state index in [1.54, 1.807) is 12.3 Å². The van der Waals surface area contributed by atoms with Crippen molar-refractivity contribution < 1.29 is 4.39 Å². The maximum Gasteiger partial charge on any atom is 0.207 e. The third-order valence-corrected chi connectivity index (χ3v) is 4.36. The molecule has 1 aliphatic rings. The maximum atomic E-state index is 13.2. The van der Waals surface area contributed by atoms with Crippen molar-refractivity contribution in [3.63, 3.8) is 0 Å². The van der Waals surface area contributed by atoms with E-state index in [1.165, 1.54) is 37.8 Å². The van der Waals surface area contributed by atoms with E-state index in [4.69, 9.17) is 0 Å². The van der Waals surface area contributed by atoms with Gasteiger partial charge in [0, 0.05) is 22.0 Å². The molecule has 1 saturated carbocycles. The van der Waals surface area contributed by atoms with Gasteiger partial charge in [-0.1, -0.05) is 12.8 Å². The topological polar surface area (TPSA) is 29.9 Å². The summed E-state index contributed by atoms with van der Waals surface area (Å²) in [5.41, 5.74) is 0.958. The van der Waals surface area contributed by atoms with Crippen LogP contribution in [0, 0.1) is 9.39 Å². The minimum atomic E-state index is -0.210. The van der Waals surface area contributed by atoms with E-state index in [1.807, 2.05) is 10.8 Å². The molecule has 5 heteroatoms. The van der Waals surface area contributed by atoms with Crippen LogP contribution in [0.4, 0.5) is 10.3 Å². The molecule has 1 N–H and O–H groups in total. The Balaban J connectivity index is 1.90. The van der Waals surface area contributed by atoms with E-state index in [9.17, 15) is 4.39 Å². The summed E-state index contributed by atoms with van der Waals surface area (Å²) < 4.78 is 16.0. The van der Waals surface area contributed by atoms with Crippen LogP contribution in [0.5, 0.6) is 0 Å². The normalized spacial score (nSPS) is 15.9. The summed E-state index contributed by atoms with van der Waals surface area (Å²) in [5, 5.41) is 3.48. The number of imidazole rings is 1. The van der Waals surface area contributed by atoms with E-state index < -0.39 is 0 Å². The lowest BCUT2D eigenvalue weighted by molar-refractivity contribution is 0.626. The Bertz CT molecular complexity index is 576. The molecule has 3 rings (SSSR count). The van der Waals surface area contributed by atoms with Crippen LogP contribution in [0.25, 0.3) is 5.69 Å². The molecule has 0 atom stereocenters. The van der Waals surface area contributed by atoms with Gasteiger partial charge in [0.15, 0.2) is 0 Å². The summed E-state index contributed by atoms with van der Waals surface area (Å²) in [7, 11) is 0. The van der Waals surface area contributed by atoms with Gasteiger partial charge in [-0.2, -0.15) is 0 Å². The zero-order valence-corrected chi connectivity index (χ0v) is 12.6. The second kappa shape index (κ2) is 5.48. The Labute approximate surface area is 125 Å². The summed E-state index contributed by atoms with van der Waals surface area (Å²) >= 11 is 2.15. The highest BCUT2D eigenvalue weighted by Gasteiger charge is 2.17. The van der Waals surface area contributed by atoms with E-state index in [0.717, 1.165) is 15.2 Å². The van der Waals surface area contributed by atoms with Crippen molar-refractivity contribution >= 4 is 28.5 Å². The van der Waals surface area contributed by atoms with Crippen LogP contribution in [0.1, 0.15) is 25.7 Å². The van der Waals surface area contributed by atoms with Crippen molar-refractivity contribution in [2.75, 3.05) is 5.32 Å². The highest BCUT2D eigenvalue weighted by molar-refractivity contribution is 14.1. The molecule has 0 bridgehead atoms. The van der Waals surface area contributed by atoms with Crippen molar-refractivity contribution in [3.05, 3.63) is 40.0 Å². The number of rotatable bonds is 3. The molecule has 1 aromatic carbocycles. The lowest BCUT2D eigenvalue weighted by Crippen LogP contribution is -2.17. The van der Waals surface area contributed by atoms with Crippen molar-refractivity contribution in [2.45, 2.75) is 31.7 Å². The highest BCUT2D eigenvalue weighted by Crippen LogP contribution is 2.25. The van der Waals surface area contributed by atoms with Gasteiger partial charge in [0.1, 0.15) is 5.82 Å². The van der Waals surface area contributed by atoms with E-state index in [0.29, 0.717) is 6.04 Å². The first-order valence-electron chi connectivity index (χ1n) is 6.49. The smallest absolute Gasteiger partial charge is 0.207 e. The SMILES string of the molecule is Fc1ccc(-n2ccnc2NC2CCCC2)c(I)c1. The molecule has 100 valence electrons. The monoisotopic (exact) mass is 371 g/mol. The molecule has 0 aliphatic heterocycles. The number of hydrogen-bond acceptors (Lipinski definition) is 2. The molecule has 1 aromatic heterocycles. The average Bonchev–Trinajstić information content (AvgIpc) is 3.02. The Hall–Kier alpha value is -1.11. The Kier molecular flexibility index (Phi) is 3.72. The third kappa shape index (κ3) is 2.75. The minimum absolute atomic E-state index is 0.210. The van der Waals surface area contributed by atoms with Gasteiger partial charge in [-0.25, -0.2) is 9.37 Å². The van der Waals surface area contributed by atoms with Crippen molar-refractivity contribution in [3.8, 4) is 5.69 Å². The predicted molar refractivity (Wildman–Crippen MR) is 82.1 cm³/mol.